The minimum Gasteiger partial charge on any atom is -0.508 e. The summed E-state index contributed by atoms with van der Waals surface area (Å²) in [6.07, 6.45) is 6.68. The lowest BCUT2D eigenvalue weighted by Gasteiger charge is -2.54. The Morgan fingerprint density at radius 2 is 2.00 bits per heavy atom. The van der Waals surface area contributed by atoms with Crippen molar-refractivity contribution >= 4 is 11.8 Å². The van der Waals surface area contributed by atoms with Gasteiger partial charge in [-0.3, -0.25) is 14.5 Å². The first-order valence-corrected chi connectivity index (χ1v) is 10.1. The highest BCUT2D eigenvalue weighted by Gasteiger charge is 2.57. The van der Waals surface area contributed by atoms with E-state index in [0.717, 1.165) is 38.5 Å². The molecule has 138 valence electrons. The molecule has 0 aromatic heterocycles. The van der Waals surface area contributed by atoms with Crippen molar-refractivity contribution in [3.05, 3.63) is 29.3 Å². The van der Waals surface area contributed by atoms with E-state index in [-0.39, 0.29) is 23.1 Å². The molecule has 5 rings (SSSR count). The van der Waals surface area contributed by atoms with Crippen LogP contribution in [0.25, 0.3) is 0 Å². The van der Waals surface area contributed by atoms with Crippen LogP contribution in [-0.2, 0) is 16.0 Å². The highest BCUT2D eigenvalue weighted by molar-refractivity contribution is 6.01. The fourth-order valence-corrected chi connectivity index (χ4v) is 5.99. The monoisotopic (exact) mass is 353 g/mol. The molecular weight excluding hydrogens is 326 g/mol. The summed E-state index contributed by atoms with van der Waals surface area (Å²) in [5.74, 6) is 2.03. The van der Waals surface area contributed by atoms with E-state index in [2.05, 4.69) is 13.0 Å². The molecule has 4 nitrogen and oxygen atoms in total. The second kappa shape index (κ2) is 5.58. The van der Waals surface area contributed by atoms with Gasteiger partial charge in [-0.25, -0.2) is 0 Å². The number of hydrogen-bond donors (Lipinski definition) is 1. The van der Waals surface area contributed by atoms with Crippen LogP contribution in [0.1, 0.15) is 62.5 Å². The molecule has 26 heavy (non-hydrogen) atoms. The molecule has 4 aliphatic rings. The number of imide groups is 1. The lowest BCUT2D eigenvalue weighted by atomic mass is 9.52. The van der Waals surface area contributed by atoms with E-state index in [1.807, 2.05) is 6.07 Å². The highest BCUT2D eigenvalue weighted by atomic mass is 16.3. The maximum atomic E-state index is 13.3. The van der Waals surface area contributed by atoms with Crippen LogP contribution in [0.2, 0.25) is 0 Å². The molecule has 3 aliphatic carbocycles. The number of nitrogens with zero attached hydrogens (tertiary/aromatic N) is 1. The van der Waals surface area contributed by atoms with Crippen molar-refractivity contribution in [1.29, 1.82) is 0 Å². The molecule has 2 saturated carbocycles. The molecule has 0 bridgehead atoms. The normalized spacial score (nSPS) is 36.3. The van der Waals surface area contributed by atoms with Gasteiger partial charge in [-0.15, -0.1) is 0 Å². The van der Waals surface area contributed by atoms with E-state index in [1.54, 1.807) is 11.0 Å². The average Bonchev–Trinajstić information content (AvgIpc) is 3.44. The summed E-state index contributed by atoms with van der Waals surface area (Å²) in [6.45, 7) is 2.77. The summed E-state index contributed by atoms with van der Waals surface area (Å²) in [7, 11) is 0. The molecule has 1 N–H and O–H groups in total. The number of aromatic hydroxyl groups is 1. The number of phenolic OH excluding ortho intramolecular Hbond substituents is 1. The largest absolute Gasteiger partial charge is 0.508 e. The molecule has 3 fully saturated rings. The Morgan fingerprint density at radius 3 is 2.77 bits per heavy atom. The molecule has 1 aromatic rings. The van der Waals surface area contributed by atoms with Crippen molar-refractivity contribution in [3.63, 3.8) is 0 Å². The van der Waals surface area contributed by atoms with Gasteiger partial charge in [0.1, 0.15) is 5.75 Å². The number of aryl methyl sites for hydroxylation is 1. The van der Waals surface area contributed by atoms with E-state index in [9.17, 15) is 14.7 Å². The minimum absolute atomic E-state index is 0.0570. The topological polar surface area (TPSA) is 57.6 Å². The fourth-order valence-electron chi connectivity index (χ4n) is 5.99. The Balaban J connectivity index is 1.46. The quantitative estimate of drug-likeness (QED) is 0.826. The number of carbonyl (C=O) groups excluding carboxylic acids is 2. The van der Waals surface area contributed by atoms with E-state index in [4.69, 9.17) is 0 Å². The molecule has 1 heterocycles. The molecule has 1 aliphatic heterocycles. The van der Waals surface area contributed by atoms with Crippen LogP contribution in [0.3, 0.4) is 0 Å². The van der Waals surface area contributed by atoms with Crippen LogP contribution in [-0.4, -0.2) is 28.4 Å². The summed E-state index contributed by atoms with van der Waals surface area (Å²) < 4.78 is 0. The molecule has 0 spiro atoms. The Kier molecular flexibility index (Phi) is 3.51. The zero-order valence-electron chi connectivity index (χ0n) is 15.4. The first-order chi connectivity index (χ1) is 12.5. The highest BCUT2D eigenvalue weighted by Crippen LogP contribution is 2.58. The van der Waals surface area contributed by atoms with Gasteiger partial charge in [-0.2, -0.15) is 0 Å². The van der Waals surface area contributed by atoms with Gasteiger partial charge in [0.05, 0.1) is 5.41 Å². The zero-order valence-corrected chi connectivity index (χ0v) is 15.4. The first kappa shape index (κ1) is 16.3. The number of fused-ring (bicyclic) bond motifs is 5. The summed E-state index contributed by atoms with van der Waals surface area (Å²) in [5.41, 5.74) is 2.21. The third-order valence-electron chi connectivity index (χ3n) is 7.67. The van der Waals surface area contributed by atoms with Gasteiger partial charge >= 0.3 is 0 Å². The molecule has 3 unspecified atom stereocenters. The van der Waals surface area contributed by atoms with E-state index >= 15 is 0 Å². The van der Waals surface area contributed by atoms with Crippen LogP contribution < -0.4 is 0 Å². The van der Waals surface area contributed by atoms with Gasteiger partial charge in [0, 0.05) is 13.0 Å². The molecule has 1 aromatic carbocycles. The molecule has 0 radical (unpaired) electrons. The third kappa shape index (κ3) is 2.34. The van der Waals surface area contributed by atoms with Crippen LogP contribution in [0.15, 0.2) is 18.2 Å². The average molecular weight is 353 g/mol. The lowest BCUT2D eigenvalue weighted by molar-refractivity contribution is -0.168. The van der Waals surface area contributed by atoms with Crippen molar-refractivity contribution < 1.29 is 14.7 Å². The maximum absolute atomic E-state index is 13.3. The molecule has 4 heteroatoms. The maximum Gasteiger partial charge on any atom is 0.235 e. The van der Waals surface area contributed by atoms with Gasteiger partial charge in [0.15, 0.2) is 0 Å². The molecular formula is C22H27NO3. The fraction of sp³-hybridized carbons (Fsp3) is 0.636. The standard InChI is InChI=1S/C22H27NO3/c1-22-9-8-17-16-7-5-15(24)10-14(16)4-6-18(17)19(22)11-20(25)23(21(22)26)12-13-2-3-13/h5,7,10,13,17-19,24H,2-4,6,8-9,11-12H2,1H3/t17?,18?,19?,22-/m0/s1. The smallest absolute Gasteiger partial charge is 0.235 e. The number of hydrogen-bond acceptors (Lipinski definition) is 3. The Hall–Kier alpha value is -1.84. The van der Waals surface area contributed by atoms with Crippen molar-refractivity contribution in [2.45, 2.75) is 57.8 Å². The van der Waals surface area contributed by atoms with Gasteiger partial charge in [-0.05, 0) is 85.5 Å². The summed E-state index contributed by atoms with van der Waals surface area (Å²) in [6, 6.07) is 5.74. The van der Waals surface area contributed by atoms with Crippen molar-refractivity contribution in [3.8, 4) is 5.75 Å². The second-order valence-electron chi connectivity index (χ2n) is 9.21. The number of rotatable bonds is 2. The number of benzene rings is 1. The minimum atomic E-state index is -0.377. The van der Waals surface area contributed by atoms with E-state index < -0.39 is 0 Å². The van der Waals surface area contributed by atoms with Crippen molar-refractivity contribution in [1.82, 2.24) is 4.90 Å². The zero-order chi connectivity index (χ0) is 18.1. The Labute approximate surface area is 154 Å². The predicted molar refractivity (Wildman–Crippen MR) is 97.6 cm³/mol. The van der Waals surface area contributed by atoms with Gasteiger partial charge in [-0.1, -0.05) is 13.0 Å². The van der Waals surface area contributed by atoms with Crippen LogP contribution in [0, 0.1) is 23.2 Å². The number of piperidine rings is 1. The van der Waals surface area contributed by atoms with Crippen molar-refractivity contribution in [2.75, 3.05) is 6.54 Å². The lowest BCUT2D eigenvalue weighted by Crippen LogP contribution is -2.59. The van der Waals surface area contributed by atoms with Gasteiger partial charge in [0.25, 0.3) is 0 Å². The van der Waals surface area contributed by atoms with Crippen LogP contribution >= 0.6 is 0 Å². The number of carbonyl (C=O) groups is 2. The van der Waals surface area contributed by atoms with E-state index in [0.29, 0.717) is 36.5 Å². The number of likely N-dealkylation sites (tertiary alicyclic amines) is 1. The predicted octanol–water partition coefficient (Wildman–Crippen LogP) is 3.62. The van der Waals surface area contributed by atoms with Gasteiger partial charge in [0.2, 0.25) is 11.8 Å². The van der Waals surface area contributed by atoms with Crippen LogP contribution in [0.4, 0.5) is 0 Å². The van der Waals surface area contributed by atoms with Crippen LogP contribution in [0.5, 0.6) is 5.75 Å². The summed E-state index contributed by atoms with van der Waals surface area (Å²) >= 11 is 0. The second-order valence-corrected chi connectivity index (χ2v) is 9.21. The summed E-state index contributed by atoms with van der Waals surface area (Å²) in [5, 5.41) is 9.79. The molecule has 2 amide bonds. The van der Waals surface area contributed by atoms with Gasteiger partial charge < -0.3 is 5.11 Å². The van der Waals surface area contributed by atoms with E-state index in [1.165, 1.54) is 11.1 Å². The Morgan fingerprint density at radius 1 is 1.19 bits per heavy atom. The first-order valence-electron chi connectivity index (χ1n) is 10.1. The number of amides is 2. The SMILES string of the molecule is C[C@]12CCC3c4ccc(O)cc4CCC3C1CC(=O)N(CC1CC1)C2=O. The summed E-state index contributed by atoms with van der Waals surface area (Å²) in [4.78, 5) is 27.7. The third-order valence-corrected chi connectivity index (χ3v) is 7.67. The number of phenols is 1. The molecule has 1 saturated heterocycles. The Bertz CT molecular complexity index is 784. The van der Waals surface area contributed by atoms with Crippen molar-refractivity contribution in [2.24, 2.45) is 23.2 Å². The molecule has 4 atom stereocenters.